The average molecular weight is 298 g/mol. The van der Waals surface area contributed by atoms with Gasteiger partial charge in [0.2, 0.25) is 0 Å². The van der Waals surface area contributed by atoms with Crippen LogP contribution in [0, 0.1) is 11.8 Å². The molecule has 0 N–H and O–H groups in total. The third-order valence-electron chi connectivity index (χ3n) is 4.11. The third-order valence-corrected chi connectivity index (χ3v) is 4.57. The van der Waals surface area contributed by atoms with Crippen LogP contribution in [-0.4, -0.2) is 14.5 Å². The number of hydrogen-bond donors (Lipinski definition) is 0. The molecule has 102 valence electrons. The lowest BCUT2D eigenvalue weighted by Gasteiger charge is -2.26. The summed E-state index contributed by atoms with van der Waals surface area (Å²) < 4.78 is 2.13. The SMILES string of the molecule is CC1CCC(Cn2cnc3cc(Cl)nc(Cl)c32)CC1. The van der Waals surface area contributed by atoms with Crippen molar-refractivity contribution in [2.45, 2.75) is 39.2 Å². The Kier molecular flexibility index (Phi) is 3.68. The normalized spacial score (nSPS) is 23.9. The topological polar surface area (TPSA) is 30.7 Å². The van der Waals surface area contributed by atoms with Crippen LogP contribution in [-0.2, 0) is 6.54 Å². The third kappa shape index (κ3) is 2.72. The van der Waals surface area contributed by atoms with Crippen molar-refractivity contribution in [3.8, 4) is 0 Å². The van der Waals surface area contributed by atoms with Crippen molar-refractivity contribution in [3.63, 3.8) is 0 Å². The number of aromatic nitrogens is 3. The fourth-order valence-corrected chi connectivity index (χ4v) is 3.48. The number of imidazole rings is 1. The summed E-state index contributed by atoms with van der Waals surface area (Å²) >= 11 is 12.1. The van der Waals surface area contributed by atoms with Gasteiger partial charge >= 0.3 is 0 Å². The van der Waals surface area contributed by atoms with Gasteiger partial charge in [-0.25, -0.2) is 9.97 Å². The summed E-state index contributed by atoms with van der Waals surface area (Å²) in [4.78, 5) is 8.48. The van der Waals surface area contributed by atoms with Gasteiger partial charge in [-0.1, -0.05) is 43.0 Å². The average Bonchev–Trinajstić information content (AvgIpc) is 2.75. The second kappa shape index (κ2) is 5.29. The second-order valence-corrected chi connectivity index (χ2v) is 6.37. The molecule has 2 aromatic heterocycles. The van der Waals surface area contributed by atoms with E-state index in [1.54, 1.807) is 6.07 Å². The molecule has 2 heterocycles. The highest BCUT2D eigenvalue weighted by atomic mass is 35.5. The van der Waals surface area contributed by atoms with Crippen LogP contribution in [0.25, 0.3) is 11.0 Å². The van der Waals surface area contributed by atoms with E-state index in [2.05, 4.69) is 21.5 Å². The summed E-state index contributed by atoms with van der Waals surface area (Å²) in [6.45, 7) is 3.32. The van der Waals surface area contributed by atoms with Crippen LogP contribution in [0.3, 0.4) is 0 Å². The molecule has 0 aliphatic heterocycles. The summed E-state index contributed by atoms with van der Waals surface area (Å²) in [5.41, 5.74) is 1.74. The predicted molar refractivity (Wildman–Crippen MR) is 78.7 cm³/mol. The predicted octanol–water partition coefficient (Wildman–Crippen LogP) is 4.56. The Morgan fingerprint density at radius 2 is 2.00 bits per heavy atom. The van der Waals surface area contributed by atoms with E-state index in [4.69, 9.17) is 23.2 Å². The first kappa shape index (κ1) is 13.2. The highest BCUT2D eigenvalue weighted by Crippen LogP contribution is 2.31. The summed E-state index contributed by atoms with van der Waals surface area (Å²) in [7, 11) is 0. The maximum atomic E-state index is 6.19. The standard InChI is InChI=1S/C14H17Cl2N3/c1-9-2-4-10(5-3-9)7-19-8-17-11-6-12(15)18-14(16)13(11)19/h6,8-10H,2-5,7H2,1H3. The molecule has 3 nitrogen and oxygen atoms in total. The van der Waals surface area contributed by atoms with Gasteiger partial charge in [0.15, 0.2) is 5.15 Å². The van der Waals surface area contributed by atoms with E-state index in [0.29, 0.717) is 10.3 Å². The van der Waals surface area contributed by atoms with E-state index in [1.165, 1.54) is 25.7 Å². The van der Waals surface area contributed by atoms with Crippen molar-refractivity contribution in [1.82, 2.24) is 14.5 Å². The fraction of sp³-hybridized carbons (Fsp3) is 0.571. The zero-order valence-corrected chi connectivity index (χ0v) is 12.5. The summed E-state index contributed by atoms with van der Waals surface area (Å²) in [5.74, 6) is 1.60. The Morgan fingerprint density at radius 1 is 1.26 bits per heavy atom. The smallest absolute Gasteiger partial charge is 0.156 e. The van der Waals surface area contributed by atoms with Crippen LogP contribution in [0.5, 0.6) is 0 Å². The molecule has 0 saturated heterocycles. The van der Waals surface area contributed by atoms with E-state index < -0.39 is 0 Å². The minimum Gasteiger partial charge on any atom is -0.328 e. The lowest BCUT2D eigenvalue weighted by molar-refractivity contribution is 0.266. The number of hydrogen-bond acceptors (Lipinski definition) is 2. The zero-order valence-electron chi connectivity index (χ0n) is 10.9. The summed E-state index contributed by atoms with van der Waals surface area (Å²) in [6, 6.07) is 1.77. The minimum absolute atomic E-state index is 0.397. The molecule has 19 heavy (non-hydrogen) atoms. The van der Waals surface area contributed by atoms with Crippen LogP contribution in [0.15, 0.2) is 12.4 Å². The first-order valence-corrected chi connectivity index (χ1v) is 7.56. The van der Waals surface area contributed by atoms with Crippen LogP contribution in [0.2, 0.25) is 10.3 Å². The van der Waals surface area contributed by atoms with Crippen LogP contribution >= 0.6 is 23.2 Å². The Balaban J connectivity index is 1.85. The monoisotopic (exact) mass is 297 g/mol. The van der Waals surface area contributed by atoms with Crippen molar-refractivity contribution in [2.24, 2.45) is 11.8 Å². The zero-order chi connectivity index (χ0) is 13.4. The molecule has 0 radical (unpaired) electrons. The molecule has 0 spiro atoms. The number of halogens is 2. The molecule has 1 saturated carbocycles. The van der Waals surface area contributed by atoms with E-state index in [0.717, 1.165) is 29.4 Å². The van der Waals surface area contributed by atoms with Crippen molar-refractivity contribution in [2.75, 3.05) is 0 Å². The van der Waals surface area contributed by atoms with Crippen molar-refractivity contribution in [3.05, 3.63) is 22.7 Å². The van der Waals surface area contributed by atoms with Gasteiger partial charge in [-0.3, -0.25) is 0 Å². The molecule has 0 atom stereocenters. The summed E-state index contributed by atoms with van der Waals surface area (Å²) in [5, 5.41) is 0.846. The lowest BCUT2D eigenvalue weighted by atomic mass is 9.83. The van der Waals surface area contributed by atoms with Gasteiger partial charge in [-0.2, -0.15) is 0 Å². The van der Waals surface area contributed by atoms with Crippen LogP contribution in [0.4, 0.5) is 0 Å². The maximum absolute atomic E-state index is 6.19. The second-order valence-electron chi connectivity index (χ2n) is 5.63. The van der Waals surface area contributed by atoms with Crippen molar-refractivity contribution < 1.29 is 0 Å². The largest absolute Gasteiger partial charge is 0.328 e. The first-order valence-electron chi connectivity index (χ1n) is 6.80. The van der Waals surface area contributed by atoms with Crippen LogP contribution in [0.1, 0.15) is 32.6 Å². The molecule has 1 aliphatic carbocycles. The first-order chi connectivity index (χ1) is 9.13. The van der Waals surface area contributed by atoms with Gasteiger partial charge in [0.1, 0.15) is 10.7 Å². The van der Waals surface area contributed by atoms with Gasteiger partial charge in [0.05, 0.1) is 11.8 Å². The van der Waals surface area contributed by atoms with E-state index in [9.17, 15) is 0 Å². The van der Waals surface area contributed by atoms with Gasteiger partial charge in [-0.05, 0) is 24.7 Å². The highest BCUT2D eigenvalue weighted by Gasteiger charge is 2.20. The Morgan fingerprint density at radius 3 is 2.74 bits per heavy atom. The van der Waals surface area contributed by atoms with Gasteiger partial charge < -0.3 is 4.57 Å². The molecule has 5 heteroatoms. The molecule has 2 aromatic rings. The van der Waals surface area contributed by atoms with E-state index >= 15 is 0 Å². The van der Waals surface area contributed by atoms with Gasteiger partial charge in [-0.15, -0.1) is 0 Å². The molecule has 0 amide bonds. The molecular weight excluding hydrogens is 281 g/mol. The minimum atomic E-state index is 0.397. The highest BCUT2D eigenvalue weighted by molar-refractivity contribution is 6.36. The fourth-order valence-electron chi connectivity index (χ4n) is 2.95. The molecule has 0 aromatic carbocycles. The van der Waals surface area contributed by atoms with Gasteiger partial charge in [0, 0.05) is 12.6 Å². The van der Waals surface area contributed by atoms with Crippen molar-refractivity contribution in [1.29, 1.82) is 0 Å². The molecule has 0 bridgehead atoms. The molecule has 3 rings (SSSR count). The quantitative estimate of drug-likeness (QED) is 0.761. The Bertz CT molecular complexity index is 586. The molecule has 0 unspecified atom stereocenters. The number of nitrogens with zero attached hydrogens (tertiary/aromatic N) is 3. The van der Waals surface area contributed by atoms with Crippen LogP contribution < -0.4 is 0 Å². The molecule has 1 fully saturated rings. The summed E-state index contributed by atoms with van der Waals surface area (Å²) in [6.07, 6.45) is 7.09. The van der Waals surface area contributed by atoms with E-state index in [-0.39, 0.29) is 0 Å². The van der Waals surface area contributed by atoms with E-state index in [1.807, 2.05) is 6.33 Å². The number of rotatable bonds is 2. The van der Waals surface area contributed by atoms with Gasteiger partial charge in [0.25, 0.3) is 0 Å². The van der Waals surface area contributed by atoms with Crippen molar-refractivity contribution >= 4 is 34.2 Å². The molecule has 1 aliphatic rings. The number of fused-ring (bicyclic) bond motifs is 1. The molecular formula is C14H17Cl2N3. The number of pyridine rings is 1. The Hall–Kier alpha value is -0.800. The Labute approximate surface area is 122 Å². The lowest BCUT2D eigenvalue weighted by Crippen LogP contribution is -2.17. The maximum Gasteiger partial charge on any atom is 0.156 e.